The van der Waals surface area contributed by atoms with Crippen molar-refractivity contribution in [2.45, 2.75) is 39.7 Å². The second-order valence-corrected chi connectivity index (χ2v) is 7.76. The molecule has 1 aromatic heterocycles. The Kier molecular flexibility index (Phi) is 7.03. The predicted octanol–water partition coefficient (Wildman–Crippen LogP) is 3.12. The standard InChI is InChI=1S/C21H30N4O3/c1-15(2)8-11-22-21(26)17-9-12-25(13-10-17)14-19-23-20(24-28-19)16-4-6-18(27-3)7-5-16/h4-7,15,17H,8-14H2,1-3H3,(H,22,26). The number of nitrogens with zero attached hydrogens (tertiary/aromatic N) is 3. The molecule has 0 radical (unpaired) electrons. The van der Waals surface area contributed by atoms with Crippen LogP contribution in [0.25, 0.3) is 11.4 Å². The van der Waals surface area contributed by atoms with Crippen LogP contribution in [-0.2, 0) is 11.3 Å². The van der Waals surface area contributed by atoms with E-state index >= 15 is 0 Å². The van der Waals surface area contributed by atoms with Gasteiger partial charge in [-0.25, -0.2) is 0 Å². The molecule has 0 saturated carbocycles. The lowest BCUT2D eigenvalue weighted by Crippen LogP contribution is -2.40. The maximum atomic E-state index is 12.3. The number of amides is 1. The van der Waals surface area contributed by atoms with E-state index in [9.17, 15) is 4.79 Å². The van der Waals surface area contributed by atoms with Crippen LogP contribution < -0.4 is 10.1 Å². The van der Waals surface area contributed by atoms with Gasteiger partial charge >= 0.3 is 0 Å². The fourth-order valence-corrected chi connectivity index (χ4v) is 3.35. The van der Waals surface area contributed by atoms with Crippen molar-refractivity contribution in [1.29, 1.82) is 0 Å². The van der Waals surface area contributed by atoms with E-state index in [-0.39, 0.29) is 11.8 Å². The van der Waals surface area contributed by atoms with Crippen LogP contribution in [0.1, 0.15) is 39.0 Å². The third-order valence-electron chi connectivity index (χ3n) is 5.15. The van der Waals surface area contributed by atoms with Gasteiger partial charge in [-0.15, -0.1) is 0 Å². The zero-order valence-corrected chi connectivity index (χ0v) is 17.0. The third kappa shape index (κ3) is 5.55. The first kappa shape index (κ1) is 20.3. The van der Waals surface area contributed by atoms with E-state index in [4.69, 9.17) is 9.26 Å². The Bertz CT molecular complexity index is 749. The molecule has 7 nitrogen and oxygen atoms in total. The molecule has 1 amide bonds. The summed E-state index contributed by atoms with van der Waals surface area (Å²) in [6.07, 6.45) is 2.76. The monoisotopic (exact) mass is 386 g/mol. The first-order chi connectivity index (χ1) is 13.5. The van der Waals surface area contributed by atoms with Crippen molar-refractivity contribution in [3.8, 4) is 17.1 Å². The number of piperidine rings is 1. The quantitative estimate of drug-likeness (QED) is 0.751. The molecule has 2 aromatic rings. The highest BCUT2D eigenvalue weighted by Gasteiger charge is 2.25. The molecule has 1 fully saturated rings. The molecule has 2 heterocycles. The van der Waals surface area contributed by atoms with Gasteiger partial charge in [0.25, 0.3) is 0 Å². The van der Waals surface area contributed by atoms with E-state index in [1.165, 1.54) is 0 Å². The van der Waals surface area contributed by atoms with Crippen LogP contribution in [0.15, 0.2) is 28.8 Å². The minimum atomic E-state index is 0.112. The molecule has 0 atom stereocenters. The Morgan fingerprint density at radius 2 is 2.00 bits per heavy atom. The highest BCUT2D eigenvalue weighted by molar-refractivity contribution is 5.78. The molecule has 1 aromatic carbocycles. The Labute approximate surface area is 166 Å². The lowest BCUT2D eigenvalue weighted by molar-refractivity contribution is -0.126. The number of benzene rings is 1. The van der Waals surface area contributed by atoms with Gasteiger partial charge in [-0.2, -0.15) is 4.98 Å². The molecule has 1 aliphatic heterocycles. The van der Waals surface area contributed by atoms with E-state index < -0.39 is 0 Å². The fourth-order valence-electron chi connectivity index (χ4n) is 3.35. The number of ether oxygens (including phenoxy) is 1. The van der Waals surface area contributed by atoms with Crippen LogP contribution in [0.4, 0.5) is 0 Å². The van der Waals surface area contributed by atoms with E-state index in [0.29, 0.717) is 24.2 Å². The molecule has 0 spiro atoms. The number of aromatic nitrogens is 2. The Morgan fingerprint density at radius 1 is 1.29 bits per heavy atom. The van der Waals surface area contributed by atoms with Gasteiger partial charge in [0.05, 0.1) is 13.7 Å². The molecule has 1 saturated heterocycles. The van der Waals surface area contributed by atoms with Crippen LogP contribution in [0, 0.1) is 11.8 Å². The molecule has 0 bridgehead atoms. The largest absolute Gasteiger partial charge is 0.497 e. The van der Waals surface area contributed by atoms with Crippen molar-refractivity contribution in [3.63, 3.8) is 0 Å². The summed E-state index contributed by atoms with van der Waals surface area (Å²) in [6, 6.07) is 7.58. The van der Waals surface area contributed by atoms with Crippen LogP contribution in [0.3, 0.4) is 0 Å². The third-order valence-corrected chi connectivity index (χ3v) is 5.15. The lowest BCUT2D eigenvalue weighted by atomic mass is 9.96. The van der Waals surface area contributed by atoms with Gasteiger partial charge in [-0.05, 0) is 62.5 Å². The van der Waals surface area contributed by atoms with Gasteiger partial charge in [0.1, 0.15) is 5.75 Å². The molecule has 7 heteroatoms. The first-order valence-electron chi connectivity index (χ1n) is 10.0. The molecule has 152 valence electrons. The van der Waals surface area contributed by atoms with Crippen LogP contribution in [-0.4, -0.2) is 47.7 Å². The zero-order valence-electron chi connectivity index (χ0n) is 17.0. The molecular formula is C21H30N4O3. The molecule has 28 heavy (non-hydrogen) atoms. The lowest BCUT2D eigenvalue weighted by Gasteiger charge is -2.30. The van der Waals surface area contributed by atoms with Gasteiger partial charge in [-0.1, -0.05) is 19.0 Å². The van der Waals surface area contributed by atoms with Crippen molar-refractivity contribution in [2.75, 3.05) is 26.7 Å². The van der Waals surface area contributed by atoms with Crippen molar-refractivity contribution < 1.29 is 14.1 Å². The summed E-state index contributed by atoms with van der Waals surface area (Å²) in [5.41, 5.74) is 0.896. The predicted molar refractivity (Wildman–Crippen MR) is 107 cm³/mol. The maximum Gasteiger partial charge on any atom is 0.241 e. The summed E-state index contributed by atoms with van der Waals surface area (Å²) < 4.78 is 10.6. The van der Waals surface area contributed by atoms with Crippen LogP contribution in [0.5, 0.6) is 5.75 Å². The minimum absolute atomic E-state index is 0.112. The summed E-state index contributed by atoms with van der Waals surface area (Å²) in [5.74, 6) is 2.89. The van der Waals surface area contributed by atoms with Crippen molar-refractivity contribution in [2.24, 2.45) is 11.8 Å². The summed E-state index contributed by atoms with van der Waals surface area (Å²) >= 11 is 0. The van der Waals surface area contributed by atoms with E-state index in [1.807, 2.05) is 24.3 Å². The number of carbonyl (C=O) groups excluding carboxylic acids is 1. The Balaban J connectivity index is 1.46. The second-order valence-electron chi connectivity index (χ2n) is 7.76. The highest BCUT2D eigenvalue weighted by Crippen LogP contribution is 2.22. The minimum Gasteiger partial charge on any atom is -0.497 e. The van der Waals surface area contributed by atoms with Gasteiger partial charge in [0.2, 0.25) is 17.6 Å². The summed E-state index contributed by atoms with van der Waals surface area (Å²) in [6.45, 7) is 7.45. The fraction of sp³-hybridized carbons (Fsp3) is 0.571. The van der Waals surface area contributed by atoms with Crippen LogP contribution >= 0.6 is 0 Å². The average Bonchev–Trinajstić information content (AvgIpc) is 3.16. The van der Waals surface area contributed by atoms with Gasteiger partial charge in [-0.3, -0.25) is 9.69 Å². The number of hydrogen-bond donors (Lipinski definition) is 1. The number of nitrogens with one attached hydrogen (secondary N) is 1. The molecule has 1 N–H and O–H groups in total. The van der Waals surface area contributed by atoms with E-state index in [1.54, 1.807) is 7.11 Å². The average molecular weight is 386 g/mol. The van der Waals surface area contributed by atoms with E-state index in [0.717, 1.165) is 50.2 Å². The van der Waals surface area contributed by atoms with Gasteiger partial charge < -0.3 is 14.6 Å². The van der Waals surface area contributed by atoms with Gasteiger partial charge in [0.15, 0.2) is 0 Å². The molecule has 3 rings (SSSR count). The number of hydrogen-bond acceptors (Lipinski definition) is 6. The summed E-state index contributed by atoms with van der Waals surface area (Å²) in [7, 11) is 1.64. The molecular weight excluding hydrogens is 356 g/mol. The topological polar surface area (TPSA) is 80.5 Å². The highest BCUT2D eigenvalue weighted by atomic mass is 16.5. The van der Waals surface area contributed by atoms with Crippen molar-refractivity contribution >= 4 is 5.91 Å². The maximum absolute atomic E-state index is 12.3. The smallest absolute Gasteiger partial charge is 0.241 e. The number of rotatable bonds is 8. The Morgan fingerprint density at radius 3 is 2.64 bits per heavy atom. The normalized spacial score (nSPS) is 15.7. The summed E-state index contributed by atoms with van der Waals surface area (Å²) in [5, 5.41) is 7.15. The van der Waals surface area contributed by atoms with Crippen molar-refractivity contribution in [3.05, 3.63) is 30.2 Å². The van der Waals surface area contributed by atoms with Gasteiger partial charge in [0, 0.05) is 18.0 Å². The number of carbonyl (C=O) groups is 1. The van der Waals surface area contributed by atoms with E-state index in [2.05, 4.69) is 34.2 Å². The summed E-state index contributed by atoms with van der Waals surface area (Å²) in [4.78, 5) is 19.0. The molecule has 0 aliphatic carbocycles. The SMILES string of the molecule is COc1ccc(-c2noc(CN3CCC(C(=O)NCCC(C)C)CC3)n2)cc1. The molecule has 0 unspecified atom stereocenters. The Hall–Kier alpha value is -2.41. The first-order valence-corrected chi connectivity index (χ1v) is 10.0. The van der Waals surface area contributed by atoms with Crippen LogP contribution in [0.2, 0.25) is 0 Å². The van der Waals surface area contributed by atoms with Crippen molar-refractivity contribution in [1.82, 2.24) is 20.4 Å². The molecule has 1 aliphatic rings. The number of likely N-dealkylation sites (tertiary alicyclic amines) is 1. The zero-order chi connectivity index (χ0) is 19.9. The second kappa shape index (κ2) is 9.68. The number of methoxy groups -OCH3 is 1.